The van der Waals surface area contributed by atoms with Gasteiger partial charge in [0.2, 0.25) is 0 Å². The van der Waals surface area contributed by atoms with Gasteiger partial charge in [0.05, 0.1) is 18.4 Å². The van der Waals surface area contributed by atoms with Gasteiger partial charge in [-0.05, 0) is 29.8 Å². The van der Waals surface area contributed by atoms with Crippen molar-refractivity contribution in [2.75, 3.05) is 20.3 Å². The Bertz CT molecular complexity index is 1140. The predicted octanol–water partition coefficient (Wildman–Crippen LogP) is 2.41. The number of hydrogen-bond acceptors (Lipinski definition) is 6. The van der Waals surface area contributed by atoms with Gasteiger partial charge in [0, 0.05) is 44.0 Å². The smallest absolute Gasteiger partial charge is 0.255 e. The summed E-state index contributed by atoms with van der Waals surface area (Å²) in [6.07, 6.45) is 9.35. The molecule has 0 spiro atoms. The van der Waals surface area contributed by atoms with Crippen LogP contribution >= 0.6 is 0 Å². The second kappa shape index (κ2) is 8.80. The third-order valence-corrected chi connectivity index (χ3v) is 5.05. The molecule has 0 aliphatic carbocycles. The molecule has 0 saturated carbocycles. The number of hydrogen-bond donors (Lipinski definition) is 1. The minimum absolute atomic E-state index is 0.0906. The highest BCUT2D eigenvalue weighted by atomic mass is 16.5. The number of nitrogens with zero attached hydrogens (tertiary/aromatic N) is 3. The van der Waals surface area contributed by atoms with Crippen molar-refractivity contribution in [3.63, 3.8) is 0 Å². The minimum atomic E-state index is -0.0906. The van der Waals surface area contributed by atoms with Crippen LogP contribution in [0.25, 0.3) is 11.4 Å². The molecule has 0 amide bonds. The summed E-state index contributed by atoms with van der Waals surface area (Å²) in [4.78, 5) is 26.5. The van der Waals surface area contributed by atoms with Crippen LogP contribution in [-0.4, -0.2) is 40.1 Å². The van der Waals surface area contributed by atoms with Gasteiger partial charge in [-0.25, -0.2) is 4.98 Å². The van der Waals surface area contributed by atoms with E-state index in [1.54, 1.807) is 19.5 Å². The summed E-state index contributed by atoms with van der Waals surface area (Å²) < 4.78 is 10.9. The van der Waals surface area contributed by atoms with Crippen LogP contribution in [0.2, 0.25) is 0 Å². The van der Waals surface area contributed by atoms with E-state index < -0.39 is 0 Å². The first-order valence-electron chi connectivity index (χ1n) is 9.66. The molecule has 1 N–H and O–H groups in total. The molecule has 30 heavy (non-hydrogen) atoms. The first-order valence-corrected chi connectivity index (χ1v) is 9.66. The van der Waals surface area contributed by atoms with E-state index in [0.29, 0.717) is 30.4 Å². The lowest BCUT2D eigenvalue weighted by Crippen LogP contribution is -2.35. The molecule has 1 aromatic carbocycles. The van der Waals surface area contributed by atoms with Gasteiger partial charge in [-0.3, -0.25) is 14.7 Å². The van der Waals surface area contributed by atoms with Crippen LogP contribution in [0.4, 0.5) is 0 Å². The SMILES string of the molecule is C#CCOc1ccc(CN2CCc3nc(-c4ccncc4)[nH]c(=O)c3C2)cc1OC. The maximum atomic E-state index is 12.7. The number of benzene rings is 1. The number of aromatic nitrogens is 3. The third kappa shape index (κ3) is 4.19. The molecule has 4 rings (SSSR count). The van der Waals surface area contributed by atoms with E-state index >= 15 is 0 Å². The highest BCUT2D eigenvalue weighted by Gasteiger charge is 2.22. The maximum Gasteiger partial charge on any atom is 0.255 e. The quantitative estimate of drug-likeness (QED) is 0.638. The Hall–Kier alpha value is -3.63. The van der Waals surface area contributed by atoms with E-state index in [1.165, 1.54) is 0 Å². The summed E-state index contributed by atoms with van der Waals surface area (Å²) >= 11 is 0. The molecule has 0 bridgehead atoms. The second-order valence-corrected chi connectivity index (χ2v) is 7.01. The van der Waals surface area contributed by atoms with E-state index in [4.69, 9.17) is 20.9 Å². The van der Waals surface area contributed by atoms with Crippen LogP contribution in [0.3, 0.4) is 0 Å². The molecule has 0 unspecified atom stereocenters. The zero-order chi connectivity index (χ0) is 20.9. The van der Waals surface area contributed by atoms with E-state index in [1.807, 2.05) is 30.3 Å². The Morgan fingerprint density at radius 2 is 2.07 bits per heavy atom. The van der Waals surface area contributed by atoms with Crippen molar-refractivity contribution >= 4 is 0 Å². The molecular formula is C23H22N4O3. The lowest BCUT2D eigenvalue weighted by molar-refractivity contribution is 0.241. The number of H-pyrrole nitrogens is 1. The Balaban J connectivity index is 1.51. The summed E-state index contributed by atoms with van der Waals surface area (Å²) in [5.41, 5.74) is 3.41. The molecule has 1 aliphatic heterocycles. The van der Waals surface area contributed by atoms with Crippen LogP contribution < -0.4 is 15.0 Å². The predicted molar refractivity (Wildman–Crippen MR) is 113 cm³/mol. The van der Waals surface area contributed by atoms with E-state index in [2.05, 4.69) is 20.8 Å². The Labute approximate surface area is 174 Å². The van der Waals surface area contributed by atoms with Gasteiger partial charge in [-0.2, -0.15) is 0 Å². The first-order chi connectivity index (χ1) is 14.7. The lowest BCUT2D eigenvalue weighted by Gasteiger charge is -2.28. The number of methoxy groups -OCH3 is 1. The molecule has 0 fully saturated rings. The highest BCUT2D eigenvalue weighted by molar-refractivity contribution is 5.54. The van der Waals surface area contributed by atoms with Gasteiger partial charge < -0.3 is 14.5 Å². The summed E-state index contributed by atoms with van der Waals surface area (Å²) in [5.74, 6) is 4.29. The fourth-order valence-electron chi connectivity index (χ4n) is 3.57. The van der Waals surface area contributed by atoms with E-state index in [0.717, 1.165) is 35.3 Å². The van der Waals surface area contributed by atoms with Gasteiger partial charge in [0.1, 0.15) is 12.4 Å². The summed E-state index contributed by atoms with van der Waals surface area (Å²) in [5, 5.41) is 0. The summed E-state index contributed by atoms with van der Waals surface area (Å²) in [6, 6.07) is 9.46. The Kier molecular flexibility index (Phi) is 5.77. The minimum Gasteiger partial charge on any atom is -0.493 e. The van der Waals surface area contributed by atoms with Crippen molar-refractivity contribution < 1.29 is 9.47 Å². The van der Waals surface area contributed by atoms with Gasteiger partial charge in [-0.15, -0.1) is 6.42 Å². The van der Waals surface area contributed by atoms with Crippen molar-refractivity contribution in [2.24, 2.45) is 0 Å². The molecule has 0 atom stereocenters. The van der Waals surface area contributed by atoms with Crippen molar-refractivity contribution in [3.05, 3.63) is 69.9 Å². The molecule has 7 heteroatoms. The number of nitrogens with one attached hydrogen (secondary N) is 1. The molecule has 0 radical (unpaired) electrons. The number of fused-ring (bicyclic) bond motifs is 1. The molecule has 3 heterocycles. The number of terminal acetylenes is 1. The van der Waals surface area contributed by atoms with Gasteiger partial charge in [0.25, 0.3) is 5.56 Å². The fourth-order valence-corrected chi connectivity index (χ4v) is 3.57. The van der Waals surface area contributed by atoms with Crippen molar-refractivity contribution in [1.29, 1.82) is 0 Å². The Morgan fingerprint density at radius 1 is 1.23 bits per heavy atom. The highest BCUT2D eigenvalue weighted by Crippen LogP contribution is 2.29. The van der Waals surface area contributed by atoms with Crippen LogP contribution in [0.1, 0.15) is 16.8 Å². The number of pyridine rings is 1. The van der Waals surface area contributed by atoms with E-state index in [9.17, 15) is 4.79 Å². The molecule has 7 nitrogen and oxygen atoms in total. The molecule has 2 aromatic heterocycles. The number of rotatable bonds is 6. The van der Waals surface area contributed by atoms with Crippen LogP contribution in [0, 0.1) is 12.3 Å². The molecule has 152 valence electrons. The second-order valence-electron chi connectivity index (χ2n) is 7.01. The molecule has 3 aromatic rings. The average molecular weight is 402 g/mol. The van der Waals surface area contributed by atoms with Crippen LogP contribution in [0.15, 0.2) is 47.5 Å². The third-order valence-electron chi connectivity index (χ3n) is 5.05. The summed E-state index contributed by atoms with van der Waals surface area (Å²) in [7, 11) is 1.60. The molecular weight excluding hydrogens is 380 g/mol. The number of ether oxygens (including phenoxy) is 2. The Morgan fingerprint density at radius 3 is 2.83 bits per heavy atom. The average Bonchev–Trinajstić information content (AvgIpc) is 2.79. The first kappa shape index (κ1) is 19.7. The molecule has 0 saturated heterocycles. The van der Waals surface area contributed by atoms with Gasteiger partial charge >= 0.3 is 0 Å². The van der Waals surface area contributed by atoms with E-state index in [-0.39, 0.29) is 12.2 Å². The largest absolute Gasteiger partial charge is 0.493 e. The maximum absolute atomic E-state index is 12.7. The van der Waals surface area contributed by atoms with Crippen molar-refractivity contribution in [1.82, 2.24) is 19.9 Å². The van der Waals surface area contributed by atoms with Crippen molar-refractivity contribution in [2.45, 2.75) is 19.5 Å². The zero-order valence-electron chi connectivity index (χ0n) is 16.7. The monoisotopic (exact) mass is 402 g/mol. The standard InChI is InChI=1S/C23H22N4O3/c1-3-12-30-20-5-4-16(13-21(20)29-2)14-27-11-8-19-18(15-27)23(28)26-22(25-19)17-6-9-24-10-7-17/h1,4-7,9-10,13H,8,11-12,14-15H2,2H3,(H,25,26,28). The topological polar surface area (TPSA) is 80.3 Å². The lowest BCUT2D eigenvalue weighted by atomic mass is 10.1. The zero-order valence-corrected chi connectivity index (χ0v) is 16.7. The fraction of sp³-hybridized carbons (Fsp3) is 0.261. The molecule has 1 aliphatic rings. The van der Waals surface area contributed by atoms with Crippen molar-refractivity contribution in [3.8, 4) is 35.2 Å². The number of aromatic amines is 1. The van der Waals surface area contributed by atoms with Gasteiger partial charge in [0.15, 0.2) is 11.5 Å². The summed E-state index contributed by atoms with van der Waals surface area (Å²) in [6.45, 7) is 2.25. The van der Waals surface area contributed by atoms with Crippen LogP contribution in [0.5, 0.6) is 11.5 Å². The van der Waals surface area contributed by atoms with Gasteiger partial charge in [-0.1, -0.05) is 12.0 Å². The normalized spacial score (nSPS) is 13.3. The van der Waals surface area contributed by atoms with Crippen LogP contribution in [-0.2, 0) is 19.5 Å².